The summed E-state index contributed by atoms with van der Waals surface area (Å²) in [5, 5.41) is 6.66. The van der Waals surface area contributed by atoms with Crippen LogP contribution in [0.3, 0.4) is 0 Å². The first-order chi connectivity index (χ1) is 12.3. The Morgan fingerprint density at radius 3 is 2.68 bits per heavy atom. The Morgan fingerprint density at radius 1 is 1.08 bits per heavy atom. The third-order valence-corrected chi connectivity index (χ3v) is 3.50. The zero-order valence-electron chi connectivity index (χ0n) is 13.8. The van der Waals surface area contributed by atoms with Gasteiger partial charge < -0.3 is 19.3 Å². The second kappa shape index (κ2) is 8.01. The highest BCUT2D eigenvalue weighted by Crippen LogP contribution is 2.19. The van der Waals surface area contributed by atoms with Crippen LogP contribution in [0.2, 0.25) is 0 Å². The molecule has 0 aliphatic heterocycles. The van der Waals surface area contributed by atoms with Gasteiger partial charge in [-0.2, -0.15) is 0 Å². The van der Waals surface area contributed by atoms with Crippen LogP contribution in [0, 0.1) is 0 Å². The quantitative estimate of drug-likeness (QED) is 0.670. The maximum Gasteiger partial charge on any atom is 0.290 e. The minimum Gasteiger partial charge on any atom is -0.497 e. The molecule has 1 N–H and O–H groups in total. The van der Waals surface area contributed by atoms with Crippen LogP contribution in [0.4, 0.5) is 0 Å². The van der Waals surface area contributed by atoms with Gasteiger partial charge in [0.05, 0.1) is 13.7 Å². The molecule has 6 nitrogen and oxygen atoms in total. The van der Waals surface area contributed by atoms with Crippen molar-refractivity contribution in [3.63, 3.8) is 0 Å². The Kier molecular flexibility index (Phi) is 5.31. The summed E-state index contributed by atoms with van der Waals surface area (Å²) in [6.07, 6.45) is 0. The van der Waals surface area contributed by atoms with Crippen LogP contribution < -0.4 is 14.8 Å². The molecule has 0 radical (unpaired) electrons. The van der Waals surface area contributed by atoms with E-state index in [-0.39, 0.29) is 11.7 Å². The molecule has 0 unspecified atom stereocenters. The third kappa shape index (κ3) is 4.38. The van der Waals surface area contributed by atoms with Gasteiger partial charge in [0.15, 0.2) is 0 Å². The van der Waals surface area contributed by atoms with E-state index >= 15 is 0 Å². The van der Waals surface area contributed by atoms with Gasteiger partial charge in [-0.15, -0.1) is 0 Å². The van der Waals surface area contributed by atoms with Crippen molar-refractivity contribution in [2.24, 2.45) is 0 Å². The molecule has 3 aromatic rings. The van der Waals surface area contributed by atoms with Crippen molar-refractivity contribution >= 4 is 5.91 Å². The van der Waals surface area contributed by atoms with E-state index in [2.05, 4.69) is 10.5 Å². The van der Waals surface area contributed by atoms with E-state index in [4.69, 9.17) is 14.0 Å². The molecule has 3 rings (SSSR count). The molecule has 0 spiro atoms. The Morgan fingerprint density at radius 2 is 1.88 bits per heavy atom. The Balaban J connectivity index is 1.49. The van der Waals surface area contributed by atoms with Gasteiger partial charge in [-0.1, -0.05) is 41.6 Å². The zero-order valence-corrected chi connectivity index (χ0v) is 13.8. The van der Waals surface area contributed by atoms with E-state index in [1.54, 1.807) is 19.2 Å². The fourth-order valence-electron chi connectivity index (χ4n) is 2.24. The fourth-order valence-corrected chi connectivity index (χ4v) is 2.24. The number of aromatic nitrogens is 1. The van der Waals surface area contributed by atoms with Crippen molar-refractivity contribution in [1.29, 1.82) is 0 Å². The minimum absolute atomic E-state index is 0.167. The predicted molar refractivity (Wildman–Crippen MR) is 92.8 cm³/mol. The number of nitrogens with one attached hydrogen (secondary N) is 1. The maximum absolute atomic E-state index is 12.1. The van der Waals surface area contributed by atoms with Gasteiger partial charge in [-0.3, -0.25) is 4.79 Å². The molecule has 0 atom stereocenters. The molecule has 0 saturated carbocycles. The first kappa shape index (κ1) is 16.6. The van der Waals surface area contributed by atoms with Crippen LogP contribution in [0.5, 0.6) is 11.5 Å². The average molecular weight is 338 g/mol. The summed E-state index contributed by atoms with van der Waals surface area (Å²) in [5.41, 5.74) is 1.52. The predicted octanol–water partition coefficient (Wildman–Crippen LogP) is 3.16. The Hall–Kier alpha value is -3.28. The molecule has 2 aromatic carbocycles. The van der Waals surface area contributed by atoms with E-state index in [0.29, 0.717) is 24.6 Å². The van der Waals surface area contributed by atoms with E-state index in [1.165, 1.54) is 0 Å². The van der Waals surface area contributed by atoms with Crippen molar-refractivity contribution in [2.75, 3.05) is 20.3 Å². The first-order valence-electron chi connectivity index (χ1n) is 7.83. The Bertz CT molecular complexity index is 830. The summed E-state index contributed by atoms with van der Waals surface area (Å²) in [4.78, 5) is 12.1. The van der Waals surface area contributed by atoms with Crippen LogP contribution in [-0.2, 0) is 0 Å². The Labute approximate surface area is 145 Å². The van der Waals surface area contributed by atoms with Crippen molar-refractivity contribution in [1.82, 2.24) is 10.5 Å². The summed E-state index contributed by atoms with van der Waals surface area (Å²) < 4.78 is 15.8. The number of nitrogens with zero attached hydrogens (tertiary/aromatic N) is 1. The first-order valence-corrected chi connectivity index (χ1v) is 7.83. The van der Waals surface area contributed by atoms with Gasteiger partial charge >= 0.3 is 0 Å². The number of hydrogen-bond donors (Lipinski definition) is 1. The summed E-state index contributed by atoms with van der Waals surface area (Å²) in [7, 11) is 1.60. The number of benzene rings is 2. The highest BCUT2D eigenvalue weighted by Gasteiger charge is 2.13. The van der Waals surface area contributed by atoms with Crippen LogP contribution in [0.15, 0.2) is 65.2 Å². The second-order valence-corrected chi connectivity index (χ2v) is 5.23. The molecule has 0 aliphatic rings. The van der Waals surface area contributed by atoms with Crippen molar-refractivity contribution in [2.45, 2.75) is 0 Å². The molecule has 0 aliphatic carbocycles. The van der Waals surface area contributed by atoms with Gasteiger partial charge in [-0.25, -0.2) is 0 Å². The van der Waals surface area contributed by atoms with E-state index in [1.807, 2.05) is 48.5 Å². The van der Waals surface area contributed by atoms with Crippen LogP contribution in [0.25, 0.3) is 11.3 Å². The van der Waals surface area contributed by atoms with E-state index < -0.39 is 0 Å². The van der Waals surface area contributed by atoms with Gasteiger partial charge in [0, 0.05) is 17.7 Å². The van der Waals surface area contributed by atoms with Gasteiger partial charge in [0.25, 0.3) is 5.91 Å². The second-order valence-electron chi connectivity index (χ2n) is 5.23. The molecule has 0 bridgehead atoms. The van der Waals surface area contributed by atoms with Crippen molar-refractivity contribution in [3.05, 3.63) is 66.4 Å². The lowest BCUT2D eigenvalue weighted by atomic mass is 10.1. The summed E-state index contributed by atoms with van der Waals surface area (Å²) in [6, 6.07) is 18.4. The largest absolute Gasteiger partial charge is 0.497 e. The normalized spacial score (nSPS) is 10.3. The van der Waals surface area contributed by atoms with E-state index in [0.717, 1.165) is 11.3 Å². The number of methoxy groups -OCH3 is 1. The molecule has 128 valence electrons. The van der Waals surface area contributed by atoms with Gasteiger partial charge in [-0.05, 0) is 12.1 Å². The molecular formula is C19H18N2O4. The molecule has 1 aromatic heterocycles. The molecule has 0 fully saturated rings. The lowest BCUT2D eigenvalue weighted by Gasteiger charge is -2.08. The number of carbonyl (C=O) groups excluding carboxylic acids is 1. The minimum atomic E-state index is -0.330. The SMILES string of the molecule is COc1cccc(OCCNC(=O)c2cc(-c3ccccc3)no2)c1. The summed E-state index contributed by atoms with van der Waals surface area (Å²) in [5.74, 6) is 1.24. The number of hydrogen-bond acceptors (Lipinski definition) is 5. The molecule has 1 heterocycles. The average Bonchev–Trinajstić information content (AvgIpc) is 3.16. The number of rotatable bonds is 7. The summed E-state index contributed by atoms with van der Waals surface area (Å²) >= 11 is 0. The van der Waals surface area contributed by atoms with Gasteiger partial charge in [0.2, 0.25) is 5.76 Å². The van der Waals surface area contributed by atoms with E-state index in [9.17, 15) is 4.79 Å². The van der Waals surface area contributed by atoms with Crippen LogP contribution in [0.1, 0.15) is 10.6 Å². The van der Waals surface area contributed by atoms with Crippen LogP contribution >= 0.6 is 0 Å². The zero-order chi connectivity index (χ0) is 17.5. The molecular weight excluding hydrogens is 320 g/mol. The maximum atomic E-state index is 12.1. The smallest absolute Gasteiger partial charge is 0.290 e. The number of ether oxygens (including phenoxy) is 2. The monoisotopic (exact) mass is 338 g/mol. The van der Waals surface area contributed by atoms with Crippen LogP contribution in [-0.4, -0.2) is 31.3 Å². The van der Waals surface area contributed by atoms with Crippen molar-refractivity contribution in [3.8, 4) is 22.8 Å². The lowest BCUT2D eigenvalue weighted by Crippen LogP contribution is -2.27. The highest BCUT2D eigenvalue weighted by atomic mass is 16.5. The topological polar surface area (TPSA) is 73.6 Å². The fraction of sp³-hybridized carbons (Fsp3) is 0.158. The molecule has 25 heavy (non-hydrogen) atoms. The molecule has 6 heteroatoms. The highest BCUT2D eigenvalue weighted by molar-refractivity contribution is 5.92. The molecule has 0 saturated heterocycles. The summed E-state index contributed by atoms with van der Waals surface area (Å²) in [6.45, 7) is 0.677. The standard InChI is InChI=1S/C19H18N2O4/c1-23-15-8-5-9-16(12-15)24-11-10-20-19(22)18-13-17(21-25-18)14-6-3-2-4-7-14/h2-9,12-13H,10-11H2,1H3,(H,20,22). The van der Waals surface area contributed by atoms with Crippen molar-refractivity contribution < 1.29 is 18.8 Å². The number of carbonyl (C=O) groups is 1. The number of amides is 1. The third-order valence-electron chi connectivity index (χ3n) is 3.50. The van der Waals surface area contributed by atoms with Gasteiger partial charge in [0.1, 0.15) is 23.8 Å². The lowest BCUT2D eigenvalue weighted by molar-refractivity contribution is 0.0910. The molecule has 1 amide bonds.